The van der Waals surface area contributed by atoms with Crippen LogP contribution in [0.2, 0.25) is 0 Å². The van der Waals surface area contributed by atoms with E-state index >= 15 is 0 Å². The van der Waals surface area contributed by atoms with Crippen LogP contribution in [-0.2, 0) is 4.74 Å². The van der Waals surface area contributed by atoms with Gasteiger partial charge in [0.2, 0.25) is 0 Å². The van der Waals surface area contributed by atoms with Crippen LogP contribution in [0, 0.1) is 6.92 Å². The van der Waals surface area contributed by atoms with Crippen LogP contribution in [0.25, 0.3) is 0 Å². The molecule has 1 aliphatic rings. The fourth-order valence-corrected chi connectivity index (χ4v) is 2.58. The van der Waals surface area contributed by atoms with Gasteiger partial charge in [0.05, 0.1) is 13.2 Å². The predicted octanol–water partition coefficient (Wildman–Crippen LogP) is 2.89. The van der Waals surface area contributed by atoms with E-state index in [0.29, 0.717) is 13.1 Å². The standard InChI is InChI=1S/C17H26N2O3/c1-12-6-7-15(21-5)13(10-12)14-11-19(9-8-18-14)16(20)22-17(2,3)4/h6-7,10,14,18H,8-9,11H2,1-5H3. The van der Waals surface area contributed by atoms with Crippen LogP contribution in [-0.4, -0.2) is 43.3 Å². The first-order valence-electron chi connectivity index (χ1n) is 7.66. The smallest absolute Gasteiger partial charge is 0.410 e. The van der Waals surface area contributed by atoms with Crippen molar-refractivity contribution in [1.82, 2.24) is 10.2 Å². The molecular formula is C17H26N2O3. The molecule has 1 saturated heterocycles. The molecule has 5 heteroatoms. The van der Waals surface area contributed by atoms with Crippen LogP contribution in [0.15, 0.2) is 18.2 Å². The zero-order valence-electron chi connectivity index (χ0n) is 14.1. The minimum Gasteiger partial charge on any atom is -0.496 e. The summed E-state index contributed by atoms with van der Waals surface area (Å²) in [6, 6.07) is 6.15. The summed E-state index contributed by atoms with van der Waals surface area (Å²) >= 11 is 0. The molecule has 1 fully saturated rings. The predicted molar refractivity (Wildman–Crippen MR) is 86.3 cm³/mol. The van der Waals surface area contributed by atoms with E-state index in [1.54, 1.807) is 12.0 Å². The third-order valence-corrected chi connectivity index (χ3v) is 3.59. The molecule has 1 unspecified atom stereocenters. The van der Waals surface area contributed by atoms with E-state index in [4.69, 9.17) is 9.47 Å². The number of benzene rings is 1. The lowest BCUT2D eigenvalue weighted by Crippen LogP contribution is -2.49. The van der Waals surface area contributed by atoms with Crippen molar-refractivity contribution in [2.75, 3.05) is 26.7 Å². The Labute approximate surface area is 132 Å². The summed E-state index contributed by atoms with van der Waals surface area (Å²) in [5.41, 5.74) is 1.78. The molecule has 1 aromatic carbocycles. The van der Waals surface area contributed by atoms with Crippen molar-refractivity contribution in [3.63, 3.8) is 0 Å². The molecule has 1 amide bonds. The van der Waals surface area contributed by atoms with E-state index in [9.17, 15) is 4.79 Å². The van der Waals surface area contributed by atoms with Crippen molar-refractivity contribution in [1.29, 1.82) is 0 Å². The first-order chi connectivity index (χ1) is 10.3. The molecule has 5 nitrogen and oxygen atoms in total. The second-order valence-corrected chi connectivity index (χ2v) is 6.68. The Morgan fingerprint density at radius 2 is 2.09 bits per heavy atom. The highest BCUT2D eigenvalue weighted by Gasteiger charge is 2.29. The molecule has 0 aliphatic carbocycles. The van der Waals surface area contributed by atoms with Gasteiger partial charge in [0.25, 0.3) is 0 Å². The van der Waals surface area contributed by atoms with Gasteiger partial charge in [-0.15, -0.1) is 0 Å². The second-order valence-electron chi connectivity index (χ2n) is 6.68. The average Bonchev–Trinajstić information content (AvgIpc) is 2.45. The molecule has 0 saturated carbocycles. The minimum absolute atomic E-state index is 0.0520. The van der Waals surface area contributed by atoms with Gasteiger partial charge < -0.3 is 19.7 Å². The Balaban J connectivity index is 2.14. The summed E-state index contributed by atoms with van der Waals surface area (Å²) in [6.07, 6.45) is -0.259. The van der Waals surface area contributed by atoms with Crippen LogP contribution < -0.4 is 10.1 Å². The molecule has 1 atom stereocenters. The van der Waals surface area contributed by atoms with Gasteiger partial charge in [-0.25, -0.2) is 4.79 Å². The van der Waals surface area contributed by atoms with E-state index in [2.05, 4.69) is 18.3 Å². The van der Waals surface area contributed by atoms with Crippen molar-refractivity contribution >= 4 is 6.09 Å². The largest absolute Gasteiger partial charge is 0.496 e. The second kappa shape index (κ2) is 6.57. The number of amides is 1. The SMILES string of the molecule is COc1ccc(C)cc1C1CN(C(=O)OC(C)(C)C)CCN1. The third kappa shape index (κ3) is 4.13. The summed E-state index contributed by atoms with van der Waals surface area (Å²) in [6.45, 7) is 9.67. The quantitative estimate of drug-likeness (QED) is 0.913. The topological polar surface area (TPSA) is 50.8 Å². The van der Waals surface area contributed by atoms with E-state index in [1.165, 1.54) is 5.56 Å². The minimum atomic E-state index is -0.474. The van der Waals surface area contributed by atoms with Crippen LogP contribution >= 0.6 is 0 Å². The molecule has 22 heavy (non-hydrogen) atoms. The first kappa shape index (κ1) is 16.6. The molecule has 0 bridgehead atoms. The van der Waals surface area contributed by atoms with Crippen LogP contribution in [0.4, 0.5) is 4.79 Å². The number of methoxy groups -OCH3 is 1. The Kier molecular flexibility index (Phi) is 4.96. The van der Waals surface area contributed by atoms with Crippen molar-refractivity contribution in [3.8, 4) is 5.75 Å². The van der Waals surface area contributed by atoms with Gasteiger partial charge in [0.1, 0.15) is 11.4 Å². The summed E-state index contributed by atoms with van der Waals surface area (Å²) in [4.78, 5) is 14.0. The molecule has 0 spiro atoms. The van der Waals surface area contributed by atoms with Crippen molar-refractivity contribution < 1.29 is 14.3 Å². The van der Waals surface area contributed by atoms with Crippen molar-refractivity contribution in [2.45, 2.75) is 39.3 Å². The van der Waals surface area contributed by atoms with Gasteiger partial charge in [-0.2, -0.15) is 0 Å². The average molecular weight is 306 g/mol. The highest BCUT2D eigenvalue weighted by Crippen LogP contribution is 2.28. The maximum absolute atomic E-state index is 12.3. The Morgan fingerprint density at radius 1 is 1.36 bits per heavy atom. The highest BCUT2D eigenvalue weighted by atomic mass is 16.6. The summed E-state index contributed by atoms with van der Waals surface area (Å²) in [5.74, 6) is 0.842. The van der Waals surface area contributed by atoms with Crippen molar-refractivity contribution in [2.24, 2.45) is 0 Å². The summed E-state index contributed by atoms with van der Waals surface area (Å²) < 4.78 is 10.9. The fraction of sp³-hybridized carbons (Fsp3) is 0.588. The number of nitrogens with one attached hydrogen (secondary N) is 1. The van der Waals surface area contributed by atoms with Gasteiger partial charge in [0.15, 0.2) is 0 Å². The Bertz CT molecular complexity index is 537. The molecule has 122 valence electrons. The lowest BCUT2D eigenvalue weighted by Gasteiger charge is -2.35. The first-order valence-corrected chi connectivity index (χ1v) is 7.66. The Morgan fingerprint density at radius 3 is 2.73 bits per heavy atom. The number of rotatable bonds is 2. The van der Waals surface area contributed by atoms with Gasteiger partial charge in [-0.3, -0.25) is 0 Å². The van der Waals surface area contributed by atoms with Crippen LogP contribution in [0.1, 0.15) is 37.9 Å². The summed E-state index contributed by atoms with van der Waals surface area (Å²) in [5, 5.41) is 3.46. The number of carbonyl (C=O) groups is 1. The molecule has 1 aliphatic heterocycles. The zero-order valence-corrected chi connectivity index (χ0v) is 14.1. The highest BCUT2D eigenvalue weighted by molar-refractivity contribution is 5.68. The number of hydrogen-bond acceptors (Lipinski definition) is 4. The number of nitrogens with zero attached hydrogens (tertiary/aromatic N) is 1. The fourth-order valence-electron chi connectivity index (χ4n) is 2.58. The van der Waals surface area contributed by atoms with E-state index < -0.39 is 5.60 Å². The molecule has 1 N–H and O–H groups in total. The monoisotopic (exact) mass is 306 g/mol. The lowest BCUT2D eigenvalue weighted by atomic mass is 10.0. The van der Waals surface area contributed by atoms with Gasteiger partial charge >= 0.3 is 6.09 Å². The number of hydrogen-bond donors (Lipinski definition) is 1. The van der Waals surface area contributed by atoms with Crippen molar-refractivity contribution in [3.05, 3.63) is 29.3 Å². The molecule has 2 rings (SSSR count). The van der Waals surface area contributed by atoms with Gasteiger partial charge in [0, 0.05) is 25.2 Å². The van der Waals surface area contributed by atoms with E-state index in [-0.39, 0.29) is 12.1 Å². The normalized spacial score (nSPS) is 19.0. The number of piperazine rings is 1. The molecular weight excluding hydrogens is 280 g/mol. The molecule has 1 heterocycles. The van der Waals surface area contributed by atoms with Crippen LogP contribution in [0.5, 0.6) is 5.75 Å². The van der Waals surface area contributed by atoms with Crippen LogP contribution in [0.3, 0.4) is 0 Å². The van der Waals surface area contributed by atoms with E-state index in [0.717, 1.165) is 17.9 Å². The Hall–Kier alpha value is -1.75. The lowest BCUT2D eigenvalue weighted by molar-refractivity contribution is 0.0194. The number of aryl methyl sites for hydroxylation is 1. The van der Waals surface area contributed by atoms with Gasteiger partial charge in [-0.1, -0.05) is 17.7 Å². The molecule has 0 radical (unpaired) electrons. The number of ether oxygens (including phenoxy) is 2. The molecule has 0 aromatic heterocycles. The maximum atomic E-state index is 12.3. The summed E-state index contributed by atoms with van der Waals surface area (Å²) in [7, 11) is 1.67. The third-order valence-electron chi connectivity index (χ3n) is 3.59. The zero-order chi connectivity index (χ0) is 16.3. The van der Waals surface area contributed by atoms with Gasteiger partial charge in [-0.05, 0) is 33.8 Å². The van der Waals surface area contributed by atoms with E-state index in [1.807, 2.05) is 32.9 Å². The maximum Gasteiger partial charge on any atom is 0.410 e. The number of carbonyl (C=O) groups excluding carboxylic acids is 1. The molecule has 1 aromatic rings.